The first-order chi connectivity index (χ1) is 14.9. The molecule has 2 aliphatic rings. The Morgan fingerprint density at radius 2 is 1.84 bits per heavy atom. The van der Waals surface area contributed by atoms with Gasteiger partial charge < -0.3 is 15.1 Å². The van der Waals surface area contributed by atoms with Crippen LogP contribution in [-0.2, 0) is 14.6 Å². The average Bonchev–Trinajstić information content (AvgIpc) is 3.15. The zero-order chi connectivity index (χ0) is 22.0. The Balaban J connectivity index is 1.33. The number of sulfone groups is 1. The molecule has 2 saturated heterocycles. The van der Waals surface area contributed by atoms with Gasteiger partial charge in [0.25, 0.3) is 0 Å². The van der Waals surface area contributed by atoms with Gasteiger partial charge in [-0.25, -0.2) is 23.4 Å². The molecule has 0 aromatic carbocycles. The molecule has 2 aliphatic heterocycles. The summed E-state index contributed by atoms with van der Waals surface area (Å²) in [6.45, 7) is 3.90. The lowest BCUT2D eigenvalue weighted by molar-refractivity contribution is -0.130. The van der Waals surface area contributed by atoms with E-state index < -0.39 is 9.84 Å². The average molecular weight is 465 g/mol. The van der Waals surface area contributed by atoms with Gasteiger partial charge in [-0.05, 0) is 31.4 Å². The molecule has 0 saturated carbocycles. The lowest BCUT2D eigenvalue weighted by atomic mass is 10.0. The zero-order valence-electron chi connectivity index (χ0n) is 17.2. The molecule has 1 amide bonds. The maximum absolute atomic E-state index is 13.0. The van der Waals surface area contributed by atoms with Crippen molar-refractivity contribution in [2.45, 2.75) is 43.3 Å². The number of pyridine rings is 1. The van der Waals surface area contributed by atoms with Crippen LogP contribution in [0, 0.1) is 0 Å². The first kappa shape index (κ1) is 21.8. The van der Waals surface area contributed by atoms with Crippen LogP contribution in [0.5, 0.6) is 0 Å². The Bertz CT molecular complexity index is 1020. The third-order valence-corrected chi connectivity index (χ3v) is 7.69. The van der Waals surface area contributed by atoms with Crippen molar-refractivity contribution in [3.8, 4) is 0 Å². The second kappa shape index (κ2) is 8.96. The van der Waals surface area contributed by atoms with Crippen molar-refractivity contribution < 1.29 is 13.2 Å². The largest absolute Gasteiger partial charge is 0.372 e. The van der Waals surface area contributed by atoms with E-state index in [-0.39, 0.29) is 28.8 Å². The van der Waals surface area contributed by atoms with Crippen LogP contribution < -0.4 is 10.2 Å². The van der Waals surface area contributed by atoms with Crippen molar-refractivity contribution in [1.29, 1.82) is 0 Å². The molecule has 166 valence electrons. The topological polar surface area (TPSA) is 108 Å². The molecular formula is C20H25ClN6O3S. The van der Waals surface area contributed by atoms with Crippen molar-refractivity contribution in [3.63, 3.8) is 0 Å². The van der Waals surface area contributed by atoms with Gasteiger partial charge in [-0.1, -0.05) is 18.5 Å². The highest BCUT2D eigenvalue weighted by Gasteiger charge is 2.37. The Morgan fingerprint density at radius 3 is 2.45 bits per heavy atom. The number of piperidine rings is 1. The number of hydrogen-bond acceptors (Lipinski definition) is 8. The normalized spacial score (nSPS) is 20.3. The summed E-state index contributed by atoms with van der Waals surface area (Å²) in [5, 5.41) is 3.63. The van der Waals surface area contributed by atoms with Crippen molar-refractivity contribution in [3.05, 3.63) is 35.9 Å². The lowest BCUT2D eigenvalue weighted by Gasteiger charge is -2.37. The summed E-state index contributed by atoms with van der Waals surface area (Å²) in [7, 11) is -3.34. The number of nitrogens with one attached hydrogen (secondary N) is 1. The standard InChI is InChI=1S/C20H25ClN6O3S/c1-2-31(29,30)19-4-3-14(11-24-19)25-16-7-10-27(20(16)28)15-5-8-26(9-6-15)18-13-22-17(21)12-23-18/h3-4,11-13,15-16,25H,2,5-10H2,1H3/t16-/m0/s1. The number of nitrogens with zero attached hydrogens (tertiary/aromatic N) is 5. The van der Waals surface area contributed by atoms with E-state index in [9.17, 15) is 13.2 Å². The number of amides is 1. The van der Waals surface area contributed by atoms with E-state index in [1.54, 1.807) is 25.4 Å². The van der Waals surface area contributed by atoms with E-state index in [1.807, 2.05) is 4.90 Å². The van der Waals surface area contributed by atoms with E-state index in [2.05, 4.69) is 25.2 Å². The number of rotatable bonds is 6. The van der Waals surface area contributed by atoms with E-state index in [0.717, 1.165) is 31.7 Å². The zero-order valence-corrected chi connectivity index (χ0v) is 18.8. The van der Waals surface area contributed by atoms with Crippen molar-refractivity contribution in [1.82, 2.24) is 19.9 Å². The molecule has 1 N–H and O–H groups in total. The SMILES string of the molecule is CCS(=O)(=O)c1ccc(N[C@H]2CCN(C3CCN(c4cnc(Cl)cn4)CC3)C2=O)cn1. The molecular weight excluding hydrogens is 440 g/mol. The van der Waals surface area contributed by atoms with Crippen LogP contribution in [-0.4, -0.2) is 71.6 Å². The van der Waals surface area contributed by atoms with Gasteiger partial charge in [-0.3, -0.25) is 4.79 Å². The van der Waals surface area contributed by atoms with Crippen LogP contribution in [0.15, 0.2) is 35.7 Å². The third kappa shape index (κ3) is 4.74. The first-order valence-electron chi connectivity index (χ1n) is 10.4. The fraction of sp³-hybridized carbons (Fsp3) is 0.500. The monoisotopic (exact) mass is 464 g/mol. The molecule has 2 fully saturated rings. The number of likely N-dealkylation sites (tertiary alicyclic amines) is 1. The van der Waals surface area contributed by atoms with Crippen LogP contribution in [0.3, 0.4) is 0 Å². The minimum Gasteiger partial charge on any atom is -0.372 e. The van der Waals surface area contributed by atoms with Gasteiger partial charge in [-0.15, -0.1) is 0 Å². The Kier molecular flexibility index (Phi) is 6.29. The molecule has 4 heterocycles. The molecule has 4 rings (SSSR count). The summed E-state index contributed by atoms with van der Waals surface area (Å²) >= 11 is 5.81. The molecule has 1 atom stereocenters. The molecule has 2 aromatic rings. The summed E-state index contributed by atoms with van der Waals surface area (Å²) in [6, 6.07) is 3.02. The predicted molar refractivity (Wildman–Crippen MR) is 118 cm³/mol. The van der Waals surface area contributed by atoms with Crippen LogP contribution in [0.25, 0.3) is 0 Å². The number of halogens is 1. The fourth-order valence-electron chi connectivity index (χ4n) is 4.07. The number of carbonyl (C=O) groups excluding carboxylic acids is 1. The number of carbonyl (C=O) groups is 1. The smallest absolute Gasteiger partial charge is 0.245 e. The first-order valence-corrected chi connectivity index (χ1v) is 12.4. The minimum absolute atomic E-state index is 0.00621. The number of aromatic nitrogens is 3. The molecule has 11 heteroatoms. The van der Waals surface area contributed by atoms with Crippen LogP contribution >= 0.6 is 11.6 Å². The van der Waals surface area contributed by atoms with Gasteiger partial charge in [0.15, 0.2) is 14.9 Å². The molecule has 0 spiro atoms. The predicted octanol–water partition coefficient (Wildman–Crippen LogP) is 2.00. The van der Waals surface area contributed by atoms with E-state index in [0.29, 0.717) is 23.8 Å². The Hall–Kier alpha value is -2.46. The quantitative estimate of drug-likeness (QED) is 0.691. The molecule has 31 heavy (non-hydrogen) atoms. The maximum atomic E-state index is 13.0. The molecule has 0 bridgehead atoms. The number of anilines is 2. The van der Waals surface area contributed by atoms with Gasteiger partial charge in [0.05, 0.1) is 30.0 Å². The Labute approximate surface area is 186 Å². The lowest BCUT2D eigenvalue weighted by Crippen LogP contribution is -2.47. The van der Waals surface area contributed by atoms with Crippen LogP contribution in [0.2, 0.25) is 5.15 Å². The third-order valence-electron chi connectivity index (χ3n) is 5.85. The highest BCUT2D eigenvalue weighted by Crippen LogP contribution is 2.26. The molecule has 9 nitrogen and oxygen atoms in total. The highest BCUT2D eigenvalue weighted by molar-refractivity contribution is 7.91. The molecule has 0 aliphatic carbocycles. The van der Waals surface area contributed by atoms with Crippen molar-refractivity contribution in [2.75, 3.05) is 35.6 Å². The minimum atomic E-state index is -3.34. The van der Waals surface area contributed by atoms with E-state index >= 15 is 0 Å². The van der Waals surface area contributed by atoms with Gasteiger partial charge in [0.1, 0.15) is 17.0 Å². The van der Waals surface area contributed by atoms with Crippen molar-refractivity contribution >= 4 is 38.9 Å². The second-order valence-corrected chi connectivity index (χ2v) is 10.3. The maximum Gasteiger partial charge on any atom is 0.245 e. The molecule has 0 unspecified atom stereocenters. The number of hydrogen-bond donors (Lipinski definition) is 1. The van der Waals surface area contributed by atoms with Crippen LogP contribution in [0.4, 0.5) is 11.5 Å². The van der Waals surface area contributed by atoms with Gasteiger partial charge in [0, 0.05) is 25.7 Å². The van der Waals surface area contributed by atoms with Crippen molar-refractivity contribution in [2.24, 2.45) is 0 Å². The summed E-state index contributed by atoms with van der Waals surface area (Å²) in [4.78, 5) is 29.5. The van der Waals surface area contributed by atoms with E-state index in [4.69, 9.17) is 11.6 Å². The highest BCUT2D eigenvalue weighted by atomic mass is 35.5. The second-order valence-electron chi connectivity index (χ2n) is 7.72. The fourth-order valence-corrected chi connectivity index (χ4v) is 4.95. The molecule has 2 aromatic heterocycles. The van der Waals surface area contributed by atoms with Gasteiger partial charge in [-0.2, -0.15) is 0 Å². The summed E-state index contributed by atoms with van der Waals surface area (Å²) in [5.74, 6) is 0.887. The molecule has 0 radical (unpaired) electrons. The summed E-state index contributed by atoms with van der Waals surface area (Å²) in [5.41, 5.74) is 0.645. The van der Waals surface area contributed by atoms with Gasteiger partial charge in [0.2, 0.25) is 5.91 Å². The van der Waals surface area contributed by atoms with Gasteiger partial charge >= 0.3 is 0 Å². The van der Waals surface area contributed by atoms with Crippen LogP contribution in [0.1, 0.15) is 26.2 Å². The van der Waals surface area contributed by atoms with E-state index in [1.165, 1.54) is 12.3 Å². The summed E-state index contributed by atoms with van der Waals surface area (Å²) in [6.07, 6.45) is 7.14. The Morgan fingerprint density at radius 1 is 1.06 bits per heavy atom. The summed E-state index contributed by atoms with van der Waals surface area (Å²) < 4.78 is 23.8.